The Labute approximate surface area is 292 Å². The Kier molecular flexibility index (Phi) is 6.64. The lowest BCUT2D eigenvalue weighted by molar-refractivity contribution is 1.07. The fraction of sp³-hybridized carbons (Fsp3) is 0. The molecule has 3 aromatic heterocycles. The van der Waals surface area contributed by atoms with E-state index in [0.717, 1.165) is 33.5 Å². The van der Waals surface area contributed by atoms with Crippen molar-refractivity contribution in [3.8, 4) is 51.0 Å². The summed E-state index contributed by atoms with van der Waals surface area (Å²) in [7, 11) is 0. The molecule has 10 aromatic rings. The van der Waals surface area contributed by atoms with Crippen LogP contribution in [-0.2, 0) is 0 Å². The summed E-state index contributed by atoms with van der Waals surface area (Å²) in [6, 6.07) is 59.6. The molecule has 0 aliphatic rings. The Balaban J connectivity index is 1.24. The largest absolute Gasteiger partial charge is 0.309 e. The Morgan fingerprint density at radius 3 is 1.64 bits per heavy atom. The summed E-state index contributed by atoms with van der Waals surface area (Å²) in [6.45, 7) is 0. The molecular weight excluding hydrogens is 629 g/mol. The highest BCUT2D eigenvalue weighted by Gasteiger charge is 2.21. The molecular formula is C45H28N4S. The van der Waals surface area contributed by atoms with E-state index >= 15 is 0 Å². The average molecular weight is 657 g/mol. The molecule has 0 atom stereocenters. The summed E-state index contributed by atoms with van der Waals surface area (Å²) in [6.07, 6.45) is 0. The molecule has 0 radical (unpaired) electrons. The highest BCUT2D eigenvalue weighted by atomic mass is 32.1. The predicted octanol–water partition coefficient (Wildman–Crippen LogP) is 12.0. The molecule has 0 bridgehead atoms. The number of thiophene rings is 1. The number of fused-ring (bicyclic) bond motifs is 7. The van der Waals surface area contributed by atoms with E-state index in [4.69, 9.17) is 15.0 Å². The van der Waals surface area contributed by atoms with Gasteiger partial charge in [0.1, 0.15) is 0 Å². The number of aromatic nitrogens is 4. The van der Waals surface area contributed by atoms with Gasteiger partial charge in [0.05, 0.1) is 16.7 Å². The van der Waals surface area contributed by atoms with Gasteiger partial charge in [-0.2, -0.15) is 0 Å². The van der Waals surface area contributed by atoms with Crippen LogP contribution < -0.4 is 0 Å². The monoisotopic (exact) mass is 656 g/mol. The van der Waals surface area contributed by atoms with Crippen LogP contribution in [0.5, 0.6) is 0 Å². The molecule has 0 fully saturated rings. The van der Waals surface area contributed by atoms with Crippen LogP contribution in [0.25, 0.3) is 93.0 Å². The van der Waals surface area contributed by atoms with E-state index in [1.165, 1.54) is 42.0 Å². The van der Waals surface area contributed by atoms with Crippen molar-refractivity contribution < 1.29 is 0 Å². The normalized spacial score (nSPS) is 11.6. The summed E-state index contributed by atoms with van der Waals surface area (Å²) < 4.78 is 5.06. The fourth-order valence-corrected chi connectivity index (χ4v) is 8.41. The topological polar surface area (TPSA) is 43.6 Å². The molecule has 4 nitrogen and oxygen atoms in total. The third-order valence-electron chi connectivity index (χ3n) is 9.46. The molecule has 0 amide bonds. The maximum absolute atomic E-state index is 5.05. The molecule has 3 heterocycles. The smallest absolute Gasteiger partial charge is 0.164 e. The van der Waals surface area contributed by atoms with Crippen molar-refractivity contribution >= 4 is 53.3 Å². The van der Waals surface area contributed by atoms with Gasteiger partial charge in [-0.25, -0.2) is 15.0 Å². The zero-order valence-electron chi connectivity index (χ0n) is 26.9. The molecule has 0 aliphatic carbocycles. The quantitative estimate of drug-likeness (QED) is 0.185. The second-order valence-electron chi connectivity index (χ2n) is 12.4. The highest BCUT2D eigenvalue weighted by Crippen LogP contribution is 2.44. The van der Waals surface area contributed by atoms with E-state index in [1.54, 1.807) is 0 Å². The van der Waals surface area contributed by atoms with Crippen molar-refractivity contribution in [1.29, 1.82) is 0 Å². The van der Waals surface area contributed by atoms with Crippen molar-refractivity contribution in [2.45, 2.75) is 0 Å². The van der Waals surface area contributed by atoms with E-state index in [-0.39, 0.29) is 0 Å². The lowest BCUT2D eigenvalue weighted by Crippen LogP contribution is -2.02. The van der Waals surface area contributed by atoms with E-state index in [1.807, 2.05) is 72.0 Å². The molecule has 7 aromatic carbocycles. The maximum atomic E-state index is 5.05. The van der Waals surface area contributed by atoms with Crippen LogP contribution in [0, 0.1) is 0 Å². The Hall–Kier alpha value is -6.43. The molecule has 0 spiro atoms. The van der Waals surface area contributed by atoms with Crippen molar-refractivity contribution in [1.82, 2.24) is 19.5 Å². The third kappa shape index (κ3) is 4.63. The Bertz CT molecular complexity index is 2800. The van der Waals surface area contributed by atoms with Gasteiger partial charge in [0.15, 0.2) is 17.5 Å². The number of benzene rings is 7. The van der Waals surface area contributed by atoms with Gasteiger partial charge in [0, 0.05) is 53.2 Å². The number of rotatable bonds is 5. The zero-order valence-corrected chi connectivity index (χ0v) is 27.7. The van der Waals surface area contributed by atoms with E-state index in [9.17, 15) is 0 Å². The zero-order chi connectivity index (χ0) is 33.0. The molecule has 0 N–H and O–H groups in total. The minimum absolute atomic E-state index is 0.635. The molecule has 0 aliphatic heterocycles. The number of hydrogen-bond donors (Lipinski definition) is 0. The SMILES string of the molecule is c1ccc(-c2nc(-c3ccccc3)nc(-c3ccc(-n4c5ccccc5c5c6sc7ccccc7c6ccc54)c(-c4ccccc4)c3)n2)cc1. The maximum Gasteiger partial charge on any atom is 0.164 e. The molecule has 0 unspecified atom stereocenters. The van der Waals surface area contributed by atoms with E-state index in [0.29, 0.717) is 17.5 Å². The number of hydrogen-bond acceptors (Lipinski definition) is 4. The van der Waals surface area contributed by atoms with E-state index < -0.39 is 0 Å². The van der Waals surface area contributed by atoms with E-state index in [2.05, 4.69) is 114 Å². The second kappa shape index (κ2) is 11.6. The van der Waals surface area contributed by atoms with Crippen molar-refractivity contribution in [3.05, 3.63) is 170 Å². The van der Waals surface area contributed by atoms with Crippen molar-refractivity contribution in [2.24, 2.45) is 0 Å². The molecule has 0 saturated carbocycles. The summed E-state index contributed by atoms with van der Waals surface area (Å²) >= 11 is 1.88. The minimum Gasteiger partial charge on any atom is -0.309 e. The molecule has 5 heteroatoms. The lowest BCUT2D eigenvalue weighted by atomic mass is 10.00. The summed E-state index contributed by atoms with van der Waals surface area (Å²) in [5, 5.41) is 5.15. The first-order valence-corrected chi connectivity index (χ1v) is 17.5. The van der Waals surface area contributed by atoms with Crippen LogP contribution in [-0.4, -0.2) is 19.5 Å². The first kappa shape index (κ1) is 28.6. The summed E-state index contributed by atoms with van der Waals surface area (Å²) in [5.74, 6) is 1.93. The lowest BCUT2D eigenvalue weighted by Gasteiger charge is -2.16. The summed E-state index contributed by atoms with van der Waals surface area (Å²) in [5.41, 5.74) is 8.52. The molecule has 234 valence electrons. The first-order chi connectivity index (χ1) is 24.8. The first-order valence-electron chi connectivity index (χ1n) is 16.7. The van der Waals surface area contributed by atoms with Gasteiger partial charge in [-0.1, -0.05) is 133 Å². The fourth-order valence-electron chi connectivity index (χ4n) is 7.15. The highest BCUT2D eigenvalue weighted by molar-refractivity contribution is 7.26. The van der Waals surface area contributed by atoms with Gasteiger partial charge in [0.2, 0.25) is 0 Å². The van der Waals surface area contributed by atoms with Crippen LogP contribution in [0.3, 0.4) is 0 Å². The predicted molar refractivity (Wildman–Crippen MR) is 209 cm³/mol. The minimum atomic E-state index is 0.635. The van der Waals surface area contributed by atoms with Gasteiger partial charge in [-0.05, 0) is 42.0 Å². The second-order valence-corrected chi connectivity index (χ2v) is 13.5. The van der Waals surface area contributed by atoms with Crippen molar-refractivity contribution in [2.75, 3.05) is 0 Å². The third-order valence-corrected chi connectivity index (χ3v) is 10.7. The molecule has 10 rings (SSSR count). The number of para-hydroxylation sites is 1. The Morgan fingerprint density at radius 1 is 0.400 bits per heavy atom. The summed E-state index contributed by atoms with van der Waals surface area (Å²) in [4.78, 5) is 15.0. The molecule has 50 heavy (non-hydrogen) atoms. The van der Waals surface area contributed by atoms with Crippen LogP contribution in [0.2, 0.25) is 0 Å². The van der Waals surface area contributed by atoms with Gasteiger partial charge in [0.25, 0.3) is 0 Å². The van der Waals surface area contributed by atoms with Crippen LogP contribution >= 0.6 is 11.3 Å². The van der Waals surface area contributed by atoms with Crippen LogP contribution in [0.15, 0.2) is 170 Å². The van der Waals surface area contributed by atoms with Gasteiger partial charge < -0.3 is 4.57 Å². The van der Waals surface area contributed by atoms with Gasteiger partial charge in [-0.3, -0.25) is 0 Å². The van der Waals surface area contributed by atoms with Gasteiger partial charge in [-0.15, -0.1) is 11.3 Å². The number of nitrogens with zero attached hydrogens (tertiary/aromatic N) is 4. The standard InChI is InChI=1S/C45H28N4S/c1-4-14-29(15-5-1)36-28-32(45-47-43(30-16-6-2-7-17-30)46-44(48-45)31-18-8-3-9-19-31)24-26-38(36)49-37-22-12-10-21-35(37)41-39(49)27-25-34-33-20-11-13-23-40(33)50-42(34)41/h1-28H. The van der Waals surface area contributed by atoms with Crippen LogP contribution in [0.4, 0.5) is 0 Å². The van der Waals surface area contributed by atoms with Crippen LogP contribution in [0.1, 0.15) is 0 Å². The van der Waals surface area contributed by atoms with Crippen molar-refractivity contribution in [3.63, 3.8) is 0 Å². The Morgan fingerprint density at radius 2 is 0.960 bits per heavy atom. The van der Waals surface area contributed by atoms with Gasteiger partial charge >= 0.3 is 0 Å². The molecule has 0 saturated heterocycles. The average Bonchev–Trinajstić information content (AvgIpc) is 3.74.